The Bertz CT molecular complexity index is 253. The predicted octanol–water partition coefficient (Wildman–Crippen LogP) is 0.756. The van der Waals surface area contributed by atoms with E-state index < -0.39 is 11.7 Å². The third-order valence-electron chi connectivity index (χ3n) is 1.99. The highest BCUT2D eigenvalue weighted by atomic mass is 16.3. The highest BCUT2D eigenvalue weighted by molar-refractivity contribution is 5.11. The van der Waals surface area contributed by atoms with Crippen LogP contribution < -0.4 is 0 Å². The molecule has 0 bridgehead atoms. The fraction of sp³-hybridized carbons (Fsp3) is 0.500. The molecule has 0 amide bonds. The molecule has 2 N–H and O–H groups in total. The van der Waals surface area contributed by atoms with Crippen LogP contribution in [0.4, 0.5) is 0 Å². The van der Waals surface area contributed by atoms with Gasteiger partial charge in [-0.05, 0) is 31.5 Å². The van der Waals surface area contributed by atoms with E-state index in [1.165, 1.54) is 0 Å². The lowest BCUT2D eigenvalue weighted by Gasteiger charge is -2.24. The van der Waals surface area contributed by atoms with E-state index in [9.17, 15) is 10.2 Å². The molecule has 1 aromatic heterocycles. The zero-order valence-electron chi connectivity index (χ0n) is 7.94. The van der Waals surface area contributed by atoms with Crippen LogP contribution in [0.5, 0.6) is 0 Å². The summed E-state index contributed by atoms with van der Waals surface area (Å²) in [7, 11) is 0. The van der Waals surface area contributed by atoms with Crippen LogP contribution in [0, 0.1) is 0 Å². The molecule has 1 atom stereocenters. The molecular weight excluding hydrogens is 166 g/mol. The normalized spacial score (nSPS) is 14.2. The van der Waals surface area contributed by atoms with Gasteiger partial charge in [-0.2, -0.15) is 0 Å². The second-order valence-corrected chi connectivity index (χ2v) is 3.73. The topological polar surface area (TPSA) is 53.4 Å². The summed E-state index contributed by atoms with van der Waals surface area (Å²) < 4.78 is 0. The second-order valence-electron chi connectivity index (χ2n) is 3.73. The van der Waals surface area contributed by atoms with Crippen LogP contribution in [-0.2, 0) is 6.42 Å². The van der Waals surface area contributed by atoms with Gasteiger partial charge in [-0.25, -0.2) is 0 Å². The first-order chi connectivity index (χ1) is 6.00. The maximum absolute atomic E-state index is 9.57. The van der Waals surface area contributed by atoms with Crippen LogP contribution in [0.15, 0.2) is 24.5 Å². The largest absolute Gasteiger partial charge is 0.390 e. The Morgan fingerprint density at radius 1 is 1.38 bits per heavy atom. The van der Waals surface area contributed by atoms with E-state index in [1.807, 2.05) is 12.1 Å². The predicted molar refractivity (Wildman–Crippen MR) is 50.2 cm³/mol. The van der Waals surface area contributed by atoms with Crippen molar-refractivity contribution in [2.75, 3.05) is 0 Å². The van der Waals surface area contributed by atoms with Gasteiger partial charge in [-0.3, -0.25) is 4.98 Å². The van der Waals surface area contributed by atoms with Crippen molar-refractivity contribution in [1.82, 2.24) is 4.98 Å². The summed E-state index contributed by atoms with van der Waals surface area (Å²) in [6, 6.07) is 3.66. The molecule has 0 aromatic carbocycles. The first kappa shape index (κ1) is 10.2. The SMILES string of the molecule is CC(C)(O)C(O)Cc1ccncc1. The number of hydrogen-bond acceptors (Lipinski definition) is 3. The van der Waals surface area contributed by atoms with Crippen molar-refractivity contribution >= 4 is 0 Å². The molecule has 0 fully saturated rings. The Labute approximate surface area is 78.1 Å². The van der Waals surface area contributed by atoms with Gasteiger partial charge in [0.1, 0.15) is 0 Å². The third kappa shape index (κ3) is 3.13. The first-order valence-corrected chi connectivity index (χ1v) is 4.29. The van der Waals surface area contributed by atoms with E-state index in [-0.39, 0.29) is 0 Å². The smallest absolute Gasteiger partial charge is 0.0861 e. The molecule has 1 rings (SSSR count). The Morgan fingerprint density at radius 3 is 2.38 bits per heavy atom. The van der Waals surface area contributed by atoms with Crippen LogP contribution in [0.25, 0.3) is 0 Å². The van der Waals surface area contributed by atoms with Gasteiger partial charge < -0.3 is 10.2 Å². The van der Waals surface area contributed by atoms with Gasteiger partial charge in [-0.1, -0.05) is 0 Å². The van der Waals surface area contributed by atoms with Crippen LogP contribution >= 0.6 is 0 Å². The van der Waals surface area contributed by atoms with Gasteiger partial charge >= 0.3 is 0 Å². The van der Waals surface area contributed by atoms with E-state index >= 15 is 0 Å². The number of aliphatic hydroxyl groups is 2. The monoisotopic (exact) mass is 181 g/mol. The Morgan fingerprint density at radius 2 is 1.92 bits per heavy atom. The Hall–Kier alpha value is -0.930. The lowest BCUT2D eigenvalue weighted by Crippen LogP contribution is -2.37. The van der Waals surface area contributed by atoms with Crippen LogP contribution in [0.3, 0.4) is 0 Å². The Balaban J connectivity index is 2.61. The molecule has 1 aromatic rings. The lowest BCUT2D eigenvalue weighted by molar-refractivity contribution is -0.0469. The van der Waals surface area contributed by atoms with Gasteiger partial charge in [0.2, 0.25) is 0 Å². The summed E-state index contributed by atoms with van der Waals surface area (Å²) in [6.45, 7) is 3.19. The van der Waals surface area contributed by atoms with Crippen LogP contribution in [-0.4, -0.2) is 26.9 Å². The van der Waals surface area contributed by atoms with Crippen LogP contribution in [0.1, 0.15) is 19.4 Å². The molecule has 0 spiro atoms. The minimum Gasteiger partial charge on any atom is -0.390 e. The quantitative estimate of drug-likeness (QED) is 0.723. The maximum atomic E-state index is 9.57. The van der Waals surface area contributed by atoms with Crippen LogP contribution in [0.2, 0.25) is 0 Å². The molecule has 0 aliphatic carbocycles. The number of nitrogens with zero attached hydrogens (tertiary/aromatic N) is 1. The van der Waals surface area contributed by atoms with Crippen molar-refractivity contribution in [1.29, 1.82) is 0 Å². The zero-order chi connectivity index (χ0) is 9.90. The summed E-state index contributed by atoms with van der Waals surface area (Å²) in [4.78, 5) is 3.87. The molecule has 72 valence electrons. The fourth-order valence-electron chi connectivity index (χ4n) is 0.992. The highest BCUT2D eigenvalue weighted by Crippen LogP contribution is 2.13. The van der Waals surface area contributed by atoms with E-state index in [2.05, 4.69) is 4.98 Å². The van der Waals surface area contributed by atoms with Crippen molar-refractivity contribution in [3.63, 3.8) is 0 Å². The minimum atomic E-state index is -1.05. The number of pyridine rings is 1. The van der Waals surface area contributed by atoms with E-state index in [1.54, 1.807) is 26.2 Å². The summed E-state index contributed by atoms with van der Waals surface area (Å²) in [6.07, 6.45) is 3.06. The van der Waals surface area contributed by atoms with Crippen molar-refractivity contribution in [2.45, 2.75) is 32.0 Å². The van der Waals surface area contributed by atoms with Gasteiger partial charge in [-0.15, -0.1) is 0 Å². The molecule has 1 heterocycles. The molecule has 0 saturated heterocycles. The van der Waals surface area contributed by atoms with Crippen molar-refractivity contribution in [2.24, 2.45) is 0 Å². The maximum Gasteiger partial charge on any atom is 0.0861 e. The molecule has 3 nitrogen and oxygen atoms in total. The molecule has 1 unspecified atom stereocenters. The molecular formula is C10H15NO2. The number of rotatable bonds is 3. The zero-order valence-corrected chi connectivity index (χ0v) is 7.94. The van der Waals surface area contributed by atoms with Gasteiger partial charge in [0.15, 0.2) is 0 Å². The number of aromatic nitrogens is 1. The second kappa shape index (κ2) is 3.85. The van der Waals surface area contributed by atoms with Crippen molar-refractivity contribution in [3.05, 3.63) is 30.1 Å². The molecule has 0 aliphatic heterocycles. The summed E-state index contributed by atoms with van der Waals surface area (Å²) >= 11 is 0. The third-order valence-corrected chi connectivity index (χ3v) is 1.99. The Kier molecular flexibility index (Phi) is 3.01. The standard InChI is InChI=1S/C10H15NO2/c1-10(2,13)9(12)7-8-3-5-11-6-4-8/h3-6,9,12-13H,7H2,1-2H3. The summed E-state index contributed by atoms with van der Waals surface area (Å²) in [5.74, 6) is 0. The molecule has 13 heavy (non-hydrogen) atoms. The van der Waals surface area contributed by atoms with Crippen molar-refractivity contribution in [3.8, 4) is 0 Å². The van der Waals surface area contributed by atoms with Crippen molar-refractivity contribution < 1.29 is 10.2 Å². The van der Waals surface area contributed by atoms with Gasteiger partial charge in [0, 0.05) is 18.8 Å². The molecule has 0 aliphatic rings. The number of hydrogen-bond donors (Lipinski definition) is 2. The average molecular weight is 181 g/mol. The van der Waals surface area contributed by atoms with E-state index in [0.717, 1.165) is 5.56 Å². The highest BCUT2D eigenvalue weighted by Gasteiger charge is 2.24. The molecule has 3 heteroatoms. The molecule has 0 radical (unpaired) electrons. The van der Waals surface area contributed by atoms with E-state index in [0.29, 0.717) is 6.42 Å². The minimum absolute atomic E-state index is 0.450. The first-order valence-electron chi connectivity index (χ1n) is 4.29. The summed E-state index contributed by atoms with van der Waals surface area (Å²) in [5, 5.41) is 19.1. The van der Waals surface area contributed by atoms with Gasteiger partial charge in [0.25, 0.3) is 0 Å². The van der Waals surface area contributed by atoms with E-state index in [4.69, 9.17) is 0 Å². The fourth-order valence-corrected chi connectivity index (χ4v) is 0.992. The summed E-state index contributed by atoms with van der Waals surface area (Å²) in [5.41, 5.74) is -0.0758. The lowest BCUT2D eigenvalue weighted by atomic mass is 9.96. The molecule has 0 saturated carbocycles. The average Bonchev–Trinajstić information content (AvgIpc) is 2.04. The van der Waals surface area contributed by atoms with Gasteiger partial charge in [0.05, 0.1) is 11.7 Å². The number of aliphatic hydroxyl groups excluding tert-OH is 1.